The van der Waals surface area contributed by atoms with E-state index in [1.54, 1.807) is 24.3 Å². The number of methoxy groups -OCH3 is 2. The summed E-state index contributed by atoms with van der Waals surface area (Å²) in [5.41, 5.74) is 4.02. The Balaban J connectivity index is 1.20. The molecule has 0 aliphatic carbocycles. The van der Waals surface area contributed by atoms with Gasteiger partial charge in [-0.05, 0) is 87.1 Å². The van der Waals surface area contributed by atoms with Gasteiger partial charge in [-0.2, -0.15) is 0 Å². The summed E-state index contributed by atoms with van der Waals surface area (Å²) in [7, 11) is 2.32. The number of aliphatic hydroxyl groups is 2. The van der Waals surface area contributed by atoms with E-state index in [-0.39, 0.29) is 11.8 Å². The number of carbonyl (C=O) groups excluding carboxylic acids is 6. The minimum atomic E-state index is -1.26. The number of anilines is 3. The third kappa shape index (κ3) is 11.5. The number of rotatable bonds is 15. The number of hydrogen-bond acceptors (Lipinski definition) is 11. The maximum absolute atomic E-state index is 13.4. The number of carbonyl (C=O) groups is 6. The van der Waals surface area contributed by atoms with E-state index >= 15 is 0 Å². The SMILES string of the molecule is COC(=O)NC(C(=O)N1CCCC1C(=O)Nc1ccc(CN(Cc2ccc(NC(=O)C3CCCN3C(=O)C(NC(=O)OC)C(C)O)cc2)c2ccccc2)cc1)C(C)O. The van der Waals surface area contributed by atoms with Crippen LogP contribution in [0.25, 0.3) is 0 Å². The predicted molar refractivity (Wildman–Crippen MR) is 218 cm³/mol. The van der Waals surface area contributed by atoms with Crippen LogP contribution in [0.3, 0.4) is 0 Å². The molecule has 6 unspecified atom stereocenters. The number of nitrogens with one attached hydrogen (secondary N) is 4. The van der Waals surface area contributed by atoms with Crippen molar-refractivity contribution in [3.05, 3.63) is 90.0 Å². The molecule has 0 bridgehead atoms. The first-order chi connectivity index (χ1) is 28.3. The topological polar surface area (TPSA) is 219 Å². The summed E-state index contributed by atoms with van der Waals surface area (Å²) in [6.45, 7) is 4.43. The largest absolute Gasteiger partial charge is 0.453 e. The van der Waals surface area contributed by atoms with Crippen molar-refractivity contribution in [3.8, 4) is 0 Å². The summed E-state index contributed by atoms with van der Waals surface area (Å²) in [4.78, 5) is 81.8. The number of hydrogen-bond donors (Lipinski definition) is 6. The minimum Gasteiger partial charge on any atom is -0.453 e. The van der Waals surface area contributed by atoms with Crippen molar-refractivity contribution in [2.24, 2.45) is 0 Å². The van der Waals surface area contributed by atoms with Crippen molar-refractivity contribution < 1.29 is 48.5 Å². The second-order valence-electron chi connectivity index (χ2n) is 14.7. The number of para-hydroxylation sites is 1. The van der Waals surface area contributed by atoms with Crippen molar-refractivity contribution in [1.29, 1.82) is 0 Å². The molecule has 0 aromatic heterocycles. The van der Waals surface area contributed by atoms with E-state index in [1.165, 1.54) is 23.6 Å². The van der Waals surface area contributed by atoms with Gasteiger partial charge in [-0.25, -0.2) is 9.59 Å². The lowest BCUT2D eigenvalue weighted by molar-refractivity contribution is -0.140. The molecule has 0 spiro atoms. The Morgan fingerprint density at radius 1 is 0.644 bits per heavy atom. The Hall–Kier alpha value is -6.20. The second kappa shape index (κ2) is 20.5. The zero-order chi connectivity index (χ0) is 42.6. The summed E-state index contributed by atoms with van der Waals surface area (Å²) in [6.07, 6.45) is -2.08. The summed E-state index contributed by atoms with van der Waals surface area (Å²) >= 11 is 0. The van der Waals surface area contributed by atoms with Gasteiger partial charge in [0.15, 0.2) is 0 Å². The van der Waals surface area contributed by atoms with E-state index in [4.69, 9.17) is 0 Å². The lowest BCUT2D eigenvalue weighted by Gasteiger charge is -2.29. The van der Waals surface area contributed by atoms with E-state index in [0.717, 1.165) is 31.0 Å². The van der Waals surface area contributed by atoms with Crippen LogP contribution in [0.5, 0.6) is 0 Å². The smallest absolute Gasteiger partial charge is 0.407 e. The highest BCUT2D eigenvalue weighted by molar-refractivity contribution is 5.99. The zero-order valence-corrected chi connectivity index (χ0v) is 33.6. The molecule has 2 saturated heterocycles. The first kappa shape index (κ1) is 43.9. The molecular weight excluding hydrogens is 763 g/mol. The van der Waals surface area contributed by atoms with Crippen LogP contribution in [0.2, 0.25) is 0 Å². The van der Waals surface area contributed by atoms with Crippen molar-refractivity contribution in [2.75, 3.05) is 42.8 Å². The average molecular weight is 816 g/mol. The molecule has 17 heteroatoms. The predicted octanol–water partition coefficient (Wildman–Crippen LogP) is 2.96. The Morgan fingerprint density at radius 3 is 1.39 bits per heavy atom. The Morgan fingerprint density at radius 2 is 1.03 bits per heavy atom. The molecule has 6 N–H and O–H groups in total. The fraction of sp³-hybridized carbons (Fsp3) is 0.429. The van der Waals surface area contributed by atoms with Gasteiger partial charge < -0.3 is 55.7 Å². The van der Waals surface area contributed by atoms with Crippen molar-refractivity contribution in [1.82, 2.24) is 20.4 Å². The van der Waals surface area contributed by atoms with Gasteiger partial charge in [-0.1, -0.05) is 42.5 Å². The molecule has 316 valence electrons. The van der Waals surface area contributed by atoms with Gasteiger partial charge in [-0.15, -0.1) is 0 Å². The summed E-state index contributed by atoms with van der Waals surface area (Å²) < 4.78 is 9.18. The first-order valence-corrected chi connectivity index (χ1v) is 19.5. The van der Waals surface area contributed by atoms with Crippen LogP contribution in [0, 0.1) is 0 Å². The molecule has 2 aliphatic rings. The zero-order valence-electron chi connectivity index (χ0n) is 33.6. The van der Waals surface area contributed by atoms with Gasteiger partial charge in [-0.3, -0.25) is 19.2 Å². The highest BCUT2D eigenvalue weighted by atomic mass is 16.5. The van der Waals surface area contributed by atoms with Crippen LogP contribution < -0.4 is 26.2 Å². The van der Waals surface area contributed by atoms with Crippen LogP contribution in [0.15, 0.2) is 78.9 Å². The van der Waals surface area contributed by atoms with Crippen LogP contribution in [-0.2, 0) is 41.7 Å². The molecule has 2 aliphatic heterocycles. The number of ether oxygens (including phenoxy) is 2. The van der Waals surface area contributed by atoms with E-state index in [9.17, 15) is 39.0 Å². The molecule has 0 saturated carbocycles. The molecule has 2 heterocycles. The maximum Gasteiger partial charge on any atom is 0.407 e. The number of nitrogens with zero attached hydrogens (tertiary/aromatic N) is 3. The summed E-state index contributed by atoms with van der Waals surface area (Å²) in [5.74, 6) is -1.88. The lowest BCUT2D eigenvalue weighted by Crippen LogP contribution is -2.56. The van der Waals surface area contributed by atoms with Gasteiger partial charge in [0.05, 0.1) is 26.4 Å². The average Bonchev–Trinajstić information content (AvgIpc) is 3.94. The number of alkyl carbamates (subject to hydrolysis) is 2. The summed E-state index contributed by atoms with van der Waals surface area (Å²) in [5, 5.41) is 30.9. The third-order valence-electron chi connectivity index (χ3n) is 10.4. The van der Waals surface area contributed by atoms with Crippen molar-refractivity contribution in [3.63, 3.8) is 0 Å². The van der Waals surface area contributed by atoms with E-state index < -0.39 is 60.4 Å². The van der Waals surface area contributed by atoms with E-state index in [0.29, 0.717) is 63.2 Å². The number of benzene rings is 3. The molecule has 6 amide bonds. The maximum atomic E-state index is 13.4. The molecule has 6 atom stereocenters. The van der Waals surface area contributed by atoms with Crippen LogP contribution in [0.1, 0.15) is 50.7 Å². The number of aliphatic hydroxyl groups excluding tert-OH is 2. The van der Waals surface area contributed by atoms with Crippen LogP contribution >= 0.6 is 0 Å². The molecule has 3 aromatic carbocycles. The third-order valence-corrected chi connectivity index (χ3v) is 10.4. The van der Waals surface area contributed by atoms with Gasteiger partial charge >= 0.3 is 12.2 Å². The van der Waals surface area contributed by atoms with Crippen molar-refractivity contribution in [2.45, 2.75) is 89.0 Å². The van der Waals surface area contributed by atoms with Crippen molar-refractivity contribution >= 4 is 52.9 Å². The summed E-state index contributed by atoms with van der Waals surface area (Å²) in [6, 6.07) is 20.7. The van der Waals surface area contributed by atoms with Gasteiger partial charge in [0.2, 0.25) is 23.6 Å². The molecule has 3 aromatic rings. The van der Waals surface area contributed by atoms with Crippen LogP contribution in [-0.4, -0.2) is 120 Å². The van der Waals surface area contributed by atoms with Gasteiger partial charge in [0.1, 0.15) is 24.2 Å². The van der Waals surface area contributed by atoms with E-state index in [2.05, 4.69) is 35.6 Å². The van der Waals surface area contributed by atoms with Crippen LogP contribution in [0.4, 0.5) is 26.7 Å². The Labute approximate surface area is 343 Å². The first-order valence-electron chi connectivity index (χ1n) is 19.5. The molecule has 5 rings (SSSR count). The fourth-order valence-electron chi connectivity index (χ4n) is 7.27. The molecule has 17 nitrogen and oxygen atoms in total. The quantitative estimate of drug-likeness (QED) is 0.131. The van der Waals surface area contributed by atoms with Gasteiger partial charge in [0.25, 0.3) is 0 Å². The van der Waals surface area contributed by atoms with Gasteiger partial charge in [0, 0.05) is 43.2 Å². The molecule has 59 heavy (non-hydrogen) atoms. The highest BCUT2D eigenvalue weighted by Crippen LogP contribution is 2.25. The Bertz CT molecular complexity index is 1810. The Kier molecular flexibility index (Phi) is 15.2. The number of likely N-dealkylation sites (tertiary alicyclic amines) is 2. The number of amides is 6. The normalized spacial score (nSPS) is 18.1. The lowest BCUT2D eigenvalue weighted by atomic mass is 10.1. The fourth-order valence-corrected chi connectivity index (χ4v) is 7.27. The molecule has 2 fully saturated rings. The standard InChI is InChI=1S/C42H53N7O10/c1-26(50)35(45-41(56)58-3)39(54)48-22-8-12-33(48)37(52)43-30-18-14-28(15-19-30)24-47(32-10-6-5-7-11-32)25-29-16-20-31(21-17-29)44-38(53)34-13-9-23-49(34)40(55)36(27(2)51)46-42(57)59-4/h5-7,10-11,14-21,26-27,33-36,50-51H,8-9,12-13,22-25H2,1-4H3,(H,43,52)(H,44,53)(H,45,56)(H,46,57). The minimum absolute atomic E-state index is 0.306. The second-order valence-corrected chi connectivity index (χ2v) is 14.7. The molecular formula is C42H53N7O10. The highest BCUT2D eigenvalue weighted by Gasteiger charge is 2.41. The van der Waals surface area contributed by atoms with E-state index in [1.807, 2.05) is 54.6 Å². The molecule has 0 radical (unpaired) electrons. The monoisotopic (exact) mass is 815 g/mol.